The second kappa shape index (κ2) is 8.25. The van der Waals surface area contributed by atoms with Crippen molar-refractivity contribution in [3.05, 3.63) is 70.7 Å². The Bertz CT molecular complexity index is 812. The number of nitrogens with one attached hydrogen (secondary N) is 1. The van der Waals surface area contributed by atoms with Gasteiger partial charge in [0.15, 0.2) is 6.61 Å². The molecule has 0 saturated heterocycles. The number of thiophene rings is 1. The van der Waals surface area contributed by atoms with Gasteiger partial charge in [-0.25, -0.2) is 9.48 Å². The molecule has 0 unspecified atom stereocenters. The standard InChI is InChI=1S/C18H17N3O3S/c22-17(19-10-8-16-3-1-12-25-16)13-24-18(23)14-4-6-15(7-5-14)21-11-2-9-20-21/h1-7,9,11-12H,8,10,13H2,(H,19,22). The Morgan fingerprint density at radius 1 is 1.16 bits per heavy atom. The number of rotatable bonds is 7. The van der Waals surface area contributed by atoms with Crippen LogP contribution in [0.4, 0.5) is 0 Å². The summed E-state index contributed by atoms with van der Waals surface area (Å²) in [4.78, 5) is 24.9. The summed E-state index contributed by atoms with van der Waals surface area (Å²) >= 11 is 1.65. The topological polar surface area (TPSA) is 73.2 Å². The Balaban J connectivity index is 1.43. The van der Waals surface area contributed by atoms with Crippen LogP contribution >= 0.6 is 11.3 Å². The zero-order valence-electron chi connectivity index (χ0n) is 13.4. The normalized spacial score (nSPS) is 10.4. The van der Waals surface area contributed by atoms with Crippen molar-refractivity contribution in [2.75, 3.05) is 13.2 Å². The summed E-state index contributed by atoms with van der Waals surface area (Å²) in [5.74, 6) is -0.835. The van der Waals surface area contributed by atoms with Crippen LogP contribution in [-0.4, -0.2) is 34.8 Å². The molecule has 1 amide bonds. The van der Waals surface area contributed by atoms with Gasteiger partial charge in [-0.3, -0.25) is 4.79 Å². The van der Waals surface area contributed by atoms with Gasteiger partial charge in [0.25, 0.3) is 5.91 Å². The van der Waals surface area contributed by atoms with E-state index in [0.29, 0.717) is 12.1 Å². The van der Waals surface area contributed by atoms with Crippen molar-refractivity contribution in [1.29, 1.82) is 0 Å². The van der Waals surface area contributed by atoms with E-state index >= 15 is 0 Å². The lowest BCUT2D eigenvalue weighted by Gasteiger charge is -2.07. The molecule has 2 aromatic heterocycles. The highest BCUT2D eigenvalue weighted by Crippen LogP contribution is 2.10. The molecule has 25 heavy (non-hydrogen) atoms. The third kappa shape index (κ3) is 4.77. The van der Waals surface area contributed by atoms with Gasteiger partial charge in [-0.15, -0.1) is 11.3 Å². The number of ether oxygens (including phenoxy) is 1. The summed E-state index contributed by atoms with van der Waals surface area (Å²) in [6, 6.07) is 12.6. The Labute approximate surface area is 149 Å². The minimum Gasteiger partial charge on any atom is -0.452 e. The van der Waals surface area contributed by atoms with E-state index < -0.39 is 5.97 Å². The van der Waals surface area contributed by atoms with E-state index in [4.69, 9.17) is 4.74 Å². The molecule has 0 atom stereocenters. The van der Waals surface area contributed by atoms with Gasteiger partial charge in [0.2, 0.25) is 0 Å². The maximum Gasteiger partial charge on any atom is 0.338 e. The summed E-state index contributed by atoms with van der Waals surface area (Å²) in [6.45, 7) is 0.236. The van der Waals surface area contributed by atoms with Crippen LogP contribution in [0.25, 0.3) is 5.69 Å². The molecule has 7 heteroatoms. The molecule has 0 aliphatic rings. The van der Waals surface area contributed by atoms with Crippen molar-refractivity contribution in [1.82, 2.24) is 15.1 Å². The summed E-state index contributed by atoms with van der Waals surface area (Å²) < 4.78 is 6.73. The van der Waals surface area contributed by atoms with Crippen LogP contribution in [-0.2, 0) is 16.0 Å². The molecule has 1 aromatic carbocycles. The molecule has 3 aromatic rings. The number of hydrogen-bond acceptors (Lipinski definition) is 5. The molecule has 0 saturated carbocycles. The van der Waals surface area contributed by atoms with Gasteiger partial charge in [-0.1, -0.05) is 6.07 Å². The van der Waals surface area contributed by atoms with Gasteiger partial charge in [-0.2, -0.15) is 5.10 Å². The number of amides is 1. The van der Waals surface area contributed by atoms with Crippen molar-refractivity contribution >= 4 is 23.2 Å². The van der Waals surface area contributed by atoms with E-state index in [1.807, 2.05) is 29.8 Å². The van der Waals surface area contributed by atoms with Gasteiger partial charge >= 0.3 is 5.97 Å². The first-order chi connectivity index (χ1) is 12.2. The van der Waals surface area contributed by atoms with Crippen molar-refractivity contribution in [2.45, 2.75) is 6.42 Å². The van der Waals surface area contributed by atoms with Crippen molar-refractivity contribution < 1.29 is 14.3 Å². The first-order valence-electron chi connectivity index (χ1n) is 7.78. The van der Waals surface area contributed by atoms with Crippen LogP contribution in [0.1, 0.15) is 15.2 Å². The largest absolute Gasteiger partial charge is 0.452 e. The molecule has 0 spiro atoms. The molecule has 0 bridgehead atoms. The second-order valence-electron chi connectivity index (χ2n) is 5.25. The quantitative estimate of drug-likeness (QED) is 0.661. The Hall–Kier alpha value is -2.93. The summed E-state index contributed by atoms with van der Waals surface area (Å²) in [7, 11) is 0. The van der Waals surface area contributed by atoms with Crippen molar-refractivity contribution in [2.24, 2.45) is 0 Å². The summed E-state index contributed by atoms with van der Waals surface area (Å²) in [5, 5.41) is 8.85. The Morgan fingerprint density at radius 2 is 2.00 bits per heavy atom. The molecule has 128 valence electrons. The van der Waals surface area contributed by atoms with Gasteiger partial charge in [0.05, 0.1) is 11.3 Å². The molecule has 0 aliphatic carbocycles. The zero-order valence-corrected chi connectivity index (χ0v) is 14.2. The fraction of sp³-hybridized carbons (Fsp3) is 0.167. The van der Waals surface area contributed by atoms with Crippen LogP contribution in [0, 0.1) is 0 Å². The van der Waals surface area contributed by atoms with E-state index in [9.17, 15) is 9.59 Å². The lowest BCUT2D eigenvalue weighted by Crippen LogP contribution is -2.30. The van der Waals surface area contributed by atoms with Crippen LogP contribution in [0.3, 0.4) is 0 Å². The van der Waals surface area contributed by atoms with Crippen LogP contribution < -0.4 is 5.32 Å². The second-order valence-corrected chi connectivity index (χ2v) is 6.29. The number of carbonyl (C=O) groups excluding carboxylic acids is 2. The Morgan fingerprint density at radius 3 is 2.68 bits per heavy atom. The monoisotopic (exact) mass is 355 g/mol. The highest BCUT2D eigenvalue weighted by Gasteiger charge is 2.10. The fourth-order valence-electron chi connectivity index (χ4n) is 2.22. The average molecular weight is 355 g/mol. The van der Waals surface area contributed by atoms with E-state index in [1.54, 1.807) is 46.5 Å². The van der Waals surface area contributed by atoms with Crippen molar-refractivity contribution in [3.63, 3.8) is 0 Å². The number of aromatic nitrogens is 2. The summed E-state index contributed by atoms with van der Waals surface area (Å²) in [5.41, 5.74) is 1.23. The third-order valence-electron chi connectivity index (χ3n) is 3.48. The maximum atomic E-state index is 12.0. The number of esters is 1. The first-order valence-corrected chi connectivity index (χ1v) is 8.66. The lowest BCUT2D eigenvalue weighted by molar-refractivity contribution is -0.124. The van der Waals surface area contributed by atoms with Gasteiger partial charge in [-0.05, 0) is 48.2 Å². The van der Waals surface area contributed by atoms with E-state index in [1.165, 1.54) is 4.88 Å². The van der Waals surface area contributed by atoms with E-state index in [0.717, 1.165) is 12.1 Å². The fourth-order valence-corrected chi connectivity index (χ4v) is 2.93. The highest BCUT2D eigenvalue weighted by atomic mass is 32.1. The SMILES string of the molecule is O=C(COC(=O)c1ccc(-n2cccn2)cc1)NCCc1cccs1. The minimum absolute atomic E-state index is 0.288. The predicted octanol–water partition coefficient (Wildman–Crippen LogP) is 2.45. The lowest BCUT2D eigenvalue weighted by atomic mass is 10.2. The number of carbonyl (C=O) groups is 2. The average Bonchev–Trinajstić information content (AvgIpc) is 3.33. The highest BCUT2D eigenvalue weighted by molar-refractivity contribution is 7.09. The number of hydrogen-bond donors (Lipinski definition) is 1. The maximum absolute atomic E-state index is 12.0. The minimum atomic E-state index is -0.527. The predicted molar refractivity (Wildman–Crippen MR) is 94.9 cm³/mol. The van der Waals surface area contributed by atoms with Gasteiger partial charge in [0.1, 0.15) is 0 Å². The van der Waals surface area contributed by atoms with E-state index in [-0.39, 0.29) is 12.5 Å². The van der Waals surface area contributed by atoms with Crippen LogP contribution in [0.5, 0.6) is 0 Å². The van der Waals surface area contributed by atoms with Gasteiger partial charge < -0.3 is 10.1 Å². The molecule has 1 N–H and O–H groups in total. The number of benzene rings is 1. The smallest absolute Gasteiger partial charge is 0.338 e. The molecule has 0 fully saturated rings. The molecular formula is C18H17N3O3S. The van der Waals surface area contributed by atoms with Crippen LogP contribution in [0.15, 0.2) is 60.2 Å². The van der Waals surface area contributed by atoms with Gasteiger partial charge in [0, 0.05) is 23.8 Å². The molecule has 3 rings (SSSR count). The Kier molecular flexibility index (Phi) is 5.58. The zero-order chi connectivity index (χ0) is 17.5. The molecule has 0 aliphatic heterocycles. The molecule has 2 heterocycles. The van der Waals surface area contributed by atoms with Crippen LogP contribution in [0.2, 0.25) is 0 Å². The summed E-state index contributed by atoms with van der Waals surface area (Å²) in [6.07, 6.45) is 4.26. The third-order valence-corrected chi connectivity index (χ3v) is 4.42. The van der Waals surface area contributed by atoms with Crippen molar-refractivity contribution in [3.8, 4) is 5.69 Å². The number of nitrogens with zero attached hydrogens (tertiary/aromatic N) is 2. The molecule has 6 nitrogen and oxygen atoms in total. The van der Waals surface area contributed by atoms with E-state index in [2.05, 4.69) is 10.4 Å². The molecular weight excluding hydrogens is 338 g/mol. The molecule has 0 radical (unpaired) electrons. The first kappa shape index (κ1) is 16.9.